The summed E-state index contributed by atoms with van der Waals surface area (Å²) in [6.07, 6.45) is -7.71. The van der Waals surface area contributed by atoms with Crippen molar-refractivity contribution in [1.82, 2.24) is 9.78 Å². The molecule has 2 N–H and O–H groups in total. The smallest absolute Gasteiger partial charge is 0.422 e. The minimum Gasteiger partial charge on any atom is -0.484 e. The maximum absolute atomic E-state index is 12.4. The average molecular weight is 440 g/mol. The van der Waals surface area contributed by atoms with E-state index in [1.165, 1.54) is 6.07 Å². The van der Waals surface area contributed by atoms with Crippen LogP contribution >= 0.6 is 0 Å². The first kappa shape index (κ1) is 23.2. The molecule has 0 unspecified atom stereocenters. The van der Waals surface area contributed by atoms with Gasteiger partial charge in [-0.05, 0) is 13.8 Å². The molecule has 7 nitrogen and oxygen atoms in total. The van der Waals surface area contributed by atoms with Crippen molar-refractivity contribution in [3.63, 3.8) is 0 Å². The normalized spacial score (nSPS) is 12.0. The van der Waals surface area contributed by atoms with Crippen LogP contribution in [0.2, 0.25) is 0 Å². The van der Waals surface area contributed by atoms with Crippen molar-refractivity contribution in [3.05, 3.63) is 30.5 Å². The number of amides is 2. The Hall–Kier alpha value is -3.12. The van der Waals surface area contributed by atoms with Gasteiger partial charge < -0.3 is 14.8 Å². The molecule has 1 aromatic heterocycles. The lowest BCUT2D eigenvalue weighted by Gasteiger charge is -2.15. The van der Waals surface area contributed by atoms with Gasteiger partial charge >= 0.3 is 18.4 Å². The molecule has 1 heterocycles. The average Bonchev–Trinajstić information content (AvgIpc) is 3.05. The van der Waals surface area contributed by atoms with Crippen LogP contribution in [0.3, 0.4) is 0 Å². The third kappa shape index (κ3) is 8.09. The summed E-state index contributed by atoms with van der Waals surface area (Å²) < 4.78 is 84.8. The van der Waals surface area contributed by atoms with Crippen molar-refractivity contribution < 1.29 is 40.6 Å². The van der Waals surface area contributed by atoms with Crippen LogP contribution in [-0.2, 0) is 0 Å². The molecule has 2 rings (SSSR count). The molecule has 1 aromatic carbocycles. The fraction of sp³-hybridized carbons (Fsp3) is 0.412. The molecular weight excluding hydrogens is 422 g/mol. The highest BCUT2D eigenvalue weighted by molar-refractivity contribution is 5.99. The first-order valence-electron chi connectivity index (χ1n) is 8.48. The largest absolute Gasteiger partial charge is 0.484 e. The van der Waals surface area contributed by atoms with E-state index in [9.17, 15) is 31.1 Å². The second-order valence-corrected chi connectivity index (χ2v) is 6.35. The maximum atomic E-state index is 12.4. The highest BCUT2D eigenvalue weighted by Gasteiger charge is 2.30. The van der Waals surface area contributed by atoms with Gasteiger partial charge in [0.1, 0.15) is 11.5 Å². The molecule has 13 heteroatoms. The molecule has 0 saturated heterocycles. The van der Waals surface area contributed by atoms with E-state index in [4.69, 9.17) is 0 Å². The SMILES string of the molecule is CC(C)n1ccc(NC(=O)Nc2cc(OCC(F)(F)F)cc(OCC(F)(F)F)c2)n1. The number of nitrogens with zero attached hydrogens (tertiary/aromatic N) is 2. The summed E-state index contributed by atoms with van der Waals surface area (Å²) in [4.78, 5) is 12.1. The Balaban J connectivity index is 2.13. The van der Waals surface area contributed by atoms with Gasteiger partial charge in [0.05, 0.1) is 0 Å². The van der Waals surface area contributed by atoms with Crippen molar-refractivity contribution in [1.29, 1.82) is 0 Å². The number of anilines is 2. The number of carbonyl (C=O) groups excluding carboxylic acids is 1. The van der Waals surface area contributed by atoms with Crippen LogP contribution in [0.5, 0.6) is 11.5 Å². The maximum Gasteiger partial charge on any atom is 0.422 e. The number of benzene rings is 1. The summed E-state index contributed by atoms with van der Waals surface area (Å²) in [6.45, 7) is 0.388. The fourth-order valence-electron chi connectivity index (χ4n) is 2.11. The van der Waals surface area contributed by atoms with Crippen LogP contribution in [0.1, 0.15) is 19.9 Å². The number of hydrogen-bond acceptors (Lipinski definition) is 4. The first-order chi connectivity index (χ1) is 13.8. The van der Waals surface area contributed by atoms with Gasteiger partial charge in [-0.3, -0.25) is 10.00 Å². The predicted molar refractivity (Wildman–Crippen MR) is 94.8 cm³/mol. The van der Waals surface area contributed by atoms with E-state index in [0.717, 1.165) is 18.2 Å². The van der Waals surface area contributed by atoms with Crippen molar-refractivity contribution >= 4 is 17.5 Å². The number of nitrogens with one attached hydrogen (secondary N) is 2. The lowest BCUT2D eigenvalue weighted by Crippen LogP contribution is -2.22. The van der Waals surface area contributed by atoms with E-state index in [1.54, 1.807) is 10.9 Å². The second-order valence-electron chi connectivity index (χ2n) is 6.35. The zero-order chi connectivity index (χ0) is 22.5. The van der Waals surface area contributed by atoms with Gasteiger partial charge in [0.15, 0.2) is 19.0 Å². The van der Waals surface area contributed by atoms with E-state index < -0.39 is 43.1 Å². The zero-order valence-corrected chi connectivity index (χ0v) is 15.8. The van der Waals surface area contributed by atoms with Crippen LogP contribution < -0.4 is 20.1 Å². The fourth-order valence-corrected chi connectivity index (χ4v) is 2.11. The molecule has 0 radical (unpaired) electrons. The summed E-state index contributed by atoms with van der Waals surface area (Å²) >= 11 is 0. The highest BCUT2D eigenvalue weighted by Crippen LogP contribution is 2.29. The molecule has 0 saturated carbocycles. The van der Waals surface area contributed by atoms with Gasteiger partial charge in [-0.25, -0.2) is 4.79 Å². The quantitative estimate of drug-likeness (QED) is 0.595. The standard InChI is InChI=1S/C17H18F6N4O3/c1-10(2)27-4-3-14(26-27)25-15(28)24-11-5-12(29-8-16(18,19)20)7-13(6-11)30-9-17(21,22)23/h3-7,10H,8-9H2,1-2H3,(H2,24,25,26,28). The minimum atomic E-state index is -4.66. The molecule has 2 aromatic rings. The van der Waals surface area contributed by atoms with E-state index in [0.29, 0.717) is 0 Å². The van der Waals surface area contributed by atoms with Crippen molar-refractivity contribution in [2.24, 2.45) is 0 Å². The third-order valence-corrected chi connectivity index (χ3v) is 3.32. The number of hydrogen-bond donors (Lipinski definition) is 2. The predicted octanol–water partition coefficient (Wildman–Crippen LogP) is 4.99. The monoisotopic (exact) mass is 440 g/mol. The van der Waals surface area contributed by atoms with Crippen LogP contribution in [0.15, 0.2) is 30.5 Å². The number of carbonyl (C=O) groups is 1. The van der Waals surface area contributed by atoms with Crippen LogP contribution in [0.25, 0.3) is 0 Å². The summed E-state index contributed by atoms with van der Waals surface area (Å²) in [6, 6.07) is 3.61. The van der Waals surface area contributed by atoms with Crippen molar-refractivity contribution in [2.45, 2.75) is 32.2 Å². The van der Waals surface area contributed by atoms with Crippen LogP contribution in [0, 0.1) is 0 Å². The molecule has 2 amide bonds. The van der Waals surface area contributed by atoms with E-state index in [1.807, 2.05) is 13.8 Å². The zero-order valence-electron chi connectivity index (χ0n) is 15.8. The molecule has 30 heavy (non-hydrogen) atoms. The highest BCUT2D eigenvalue weighted by atomic mass is 19.4. The minimum absolute atomic E-state index is 0.0411. The van der Waals surface area contributed by atoms with E-state index in [-0.39, 0.29) is 17.5 Å². The molecule has 0 bridgehead atoms. The summed E-state index contributed by atoms with van der Waals surface area (Å²) in [5.41, 5.74) is -0.146. The summed E-state index contributed by atoms with van der Waals surface area (Å²) in [5, 5.41) is 8.76. The van der Waals surface area contributed by atoms with Gasteiger partial charge in [0.25, 0.3) is 0 Å². The Labute approximate surface area is 166 Å². The van der Waals surface area contributed by atoms with E-state index >= 15 is 0 Å². The Morgan fingerprint density at radius 2 is 1.53 bits per heavy atom. The molecule has 0 spiro atoms. The Kier molecular flexibility index (Phi) is 7.05. The summed E-state index contributed by atoms with van der Waals surface area (Å²) in [7, 11) is 0. The third-order valence-electron chi connectivity index (χ3n) is 3.32. The topological polar surface area (TPSA) is 77.4 Å². The Bertz CT molecular complexity index is 828. The van der Waals surface area contributed by atoms with Crippen molar-refractivity contribution in [2.75, 3.05) is 23.8 Å². The number of urea groups is 1. The number of halogens is 6. The van der Waals surface area contributed by atoms with Gasteiger partial charge in [0, 0.05) is 42.2 Å². The molecule has 0 aliphatic rings. The lowest BCUT2D eigenvalue weighted by atomic mass is 10.2. The van der Waals surface area contributed by atoms with Crippen LogP contribution in [0.4, 0.5) is 42.6 Å². The second kappa shape index (κ2) is 9.13. The van der Waals surface area contributed by atoms with Gasteiger partial charge in [-0.2, -0.15) is 31.4 Å². The molecule has 0 fully saturated rings. The number of alkyl halides is 6. The number of aromatic nitrogens is 2. The molecule has 166 valence electrons. The van der Waals surface area contributed by atoms with Crippen LogP contribution in [-0.4, -0.2) is 41.4 Å². The molecule has 0 aliphatic heterocycles. The Morgan fingerprint density at radius 3 is 1.97 bits per heavy atom. The first-order valence-corrected chi connectivity index (χ1v) is 8.48. The number of rotatable bonds is 7. The van der Waals surface area contributed by atoms with E-state index in [2.05, 4.69) is 25.2 Å². The van der Waals surface area contributed by atoms with Gasteiger partial charge in [-0.15, -0.1) is 0 Å². The van der Waals surface area contributed by atoms with Gasteiger partial charge in [0.2, 0.25) is 0 Å². The molecule has 0 aliphatic carbocycles. The molecular formula is C17H18F6N4O3. The van der Waals surface area contributed by atoms with Gasteiger partial charge in [-0.1, -0.05) is 0 Å². The Morgan fingerprint density at radius 1 is 1.00 bits per heavy atom. The summed E-state index contributed by atoms with van der Waals surface area (Å²) in [5.74, 6) is -0.683. The molecule has 0 atom stereocenters. The lowest BCUT2D eigenvalue weighted by molar-refractivity contribution is -0.153. The number of ether oxygens (including phenoxy) is 2. The van der Waals surface area contributed by atoms with Crippen molar-refractivity contribution in [3.8, 4) is 11.5 Å².